The van der Waals surface area contributed by atoms with Gasteiger partial charge in [-0.3, -0.25) is 14.5 Å². The average Bonchev–Trinajstić information content (AvgIpc) is 3.14. The van der Waals surface area contributed by atoms with Crippen molar-refractivity contribution in [2.75, 3.05) is 18.6 Å². The Hall–Kier alpha value is -4.59. The zero-order valence-electron chi connectivity index (χ0n) is 20.0. The van der Waals surface area contributed by atoms with Crippen molar-refractivity contribution in [2.24, 2.45) is 0 Å². The molecule has 36 heavy (non-hydrogen) atoms. The highest BCUT2D eigenvalue weighted by atomic mass is 16.5. The predicted octanol–water partition coefficient (Wildman–Crippen LogP) is 4.51. The van der Waals surface area contributed by atoms with Crippen LogP contribution in [-0.4, -0.2) is 41.6 Å². The van der Waals surface area contributed by atoms with Crippen molar-refractivity contribution in [3.63, 3.8) is 0 Å². The van der Waals surface area contributed by atoms with Crippen molar-refractivity contribution in [1.29, 1.82) is 0 Å². The Morgan fingerprint density at radius 3 is 2.36 bits per heavy atom. The Labute approximate surface area is 208 Å². The van der Waals surface area contributed by atoms with Crippen LogP contribution in [0.25, 0.3) is 5.76 Å². The third-order valence-corrected chi connectivity index (χ3v) is 5.98. The van der Waals surface area contributed by atoms with E-state index < -0.39 is 23.7 Å². The summed E-state index contributed by atoms with van der Waals surface area (Å²) in [7, 11) is 1.52. The normalized spacial score (nSPS) is 16.8. The van der Waals surface area contributed by atoms with Gasteiger partial charge in [0.1, 0.15) is 17.3 Å². The summed E-state index contributed by atoms with van der Waals surface area (Å²) in [4.78, 5) is 39.9. The minimum atomic E-state index is -1.02. The van der Waals surface area contributed by atoms with Gasteiger partial charge in [0.05, 0.1) is 30.9 Å². The third-order valence-electron chi connectivity index (χ3n) is 5.98. The first-order valence-corrected chi connectivity index (χ1v) is 11.3. The van der Waals surface area contributed by atoms with Crippen LogP contribution in [0.1, 0.15) is 40.0 Å². The van der Waals surface area contributed by atoms with E-state index in [0.29, 0.717) is 33.7 Å². The number of hydrogen-bond donors (Lipinski definition) is 2. The van der Waals surface area contributed by atoms with Gasteiger partial charge >= 0.3 is 5.97 Å². The van der Waals surface area contributed by atoms with Crippen LogP contribution in [0.2, 0.25) is 0 Å². The summed E-state index contributed by atoms with van der Waals surface area (Å²) in [6, 6.07) is 16.2. The number of aromatic hydroxyl groups is 1. The number of methoxy groups -OCH3 is 1. The van der Waals surface area contributed by atoms with Crippen LogP contribution in [-0.2, 0) is 14.3 Å². The molecule has 0 radical (unpaired) electrons. The van der Waals surface area contributed by atoms with E-state index in [1.165, 1.54) is 48.4 Å². The molecule has 8 nitrogen and oxygen atoms in total. The number of benzene rings is 3. The molecule has 1 aliphatic rings. The minimum absolute atomic E-state index is 0.0589. The van der Waals surface area contributed by atoms with Crippen LogP contribution >= 0.6 is 0 Å². The quantitative estimate of drug-likeness (QED) is 0.228. The van der Waals surface area contributed by atoms with Gasteiger partial charge in [0.15, 0.2) is 0 Å². The molecule has 1 saturated heterocycles. The molecular formula is C28H25NO7. The standard InChI is InChI=1S/C28H25NO7/c1-4-36-28(34)17-8-10-19(11-9-17)29-24(18-6-5-7-20(30)15-18)23(26(32)27(29)33)25(31)22-13-12-21(35-3)14-16(22)2/h5-15,24,30-31H,4H2,1-3H3/b25-23-. The van der Waals surface area contributed by atoms with E-state index in [0.717, 1.165) is 0 Å². The number of carbonyl (C=O) groups excluding carboxylic acids is 3. The van der Waals surface area contributed by atoms with E-state index in [4.69, 9.17) is 9.47 Å². The molecule has 0 bridgehead atoms. The number of aliphatic hydroxyl groups excluding tert-OH is 1. The first-order chi connectivity index (χ1) is 17.3. The van der Waals surface area contributed by atoms with Crippen LogP contribution < -0.4 is 9.64 Å². The monoisotopic (exact) mass is 487 g/mol. The van der Waals surface area contributed by atoms with Gasteiger partial charge in [-0.25, -0.2) is 4.79 Å². The van der Waals surface area contributed by atoms with Gasteiger partial charge in [-0.2, -0.15) is 0 Å². The van der Waals surface area contributed by atoms with E-state index in [9.17, 15) is 24.6 Å². The smallest absolute Gasteiger partial charge is 0.338 e. The summed E-state index contributed by atoms with van der Waals surface area (Å²) in [6.07, 6.45) is 0. The summed E-state index contributed by atoms with van der Waals surface area (Å²) in [5.74, 6) is -2.05. The predicted molar refractivity (Wildman–Crippen MR) is 133 cm³/mol. The highest BCUT2D eigenvalue weighted by molar-refractivity contribution is 6.51. The fourth-order valence-electron chi connectivity index (χ4n) is 4.26. The first-order valence-electron chi connectivity index (χ1n) is 11.3. The van der Waals surface area contributed by atoms with E-state index in [1.807, 2.05) is 0 Å². The highest BCUT2D eigenvalue weighted by Gasteiger charge is 2.47. The zero-order valence-corrected chi connectivity index (χ0v) is 20.0. The number of hydrogen-bond acceptors (Lipinski definition) is 7. The number of aryl methyl sites for hydroxylation is 1. The Morgan fingerprint density at radius 1 is 1.03 bits per heavy atom. The Balaban J connectivity index is 1.88. The van der Waals surface area contributed by atoms with Crippen molar-refractivity contribution in [3.8, 4) is 11.5 Å². The fraction of sp³-hybridized carbons (Fsp3) is 0.179. The van der Waals surface area contributed by atoms with Crippen molar-refractivity contribution in [3.05, 3.63) is 94.6 Å². The molecule has 1 heterocycles. The molecule has 3 aromatic carbocycles. The molecule has 1 fully saturated rings. The van der Waals surface area contributed by atoms with Crippen molar-refractivity contribution in [2.45, 2.75) is 19.9 Å². The molecule has 3 aromatic rings. The zero-order chi connectivity index (χ0) is 26.0. The number of ketones is 1. The van der Waals surface area contributed by atoms with Crippen molar-refractivity contribution < 1.29 is 34.1 Å². The Morgan fingerprint density at radius 2 is 1.75 bits per heavy atom. The molecule has 0 saturated carbocycles. The van der Waals surface area contributed by atoms with E-state index in [2.05, 4.69) is 0 Å². The molecule has 0 aliphatic carbocycles. The number of nitrogens with zero attached hydrogens (tertiary/aromatic N) is 1. The number of aliphatic hydroxyl groups is 1. The van der Waals surface area contributed by atoms with Crippen LogP contribution in [0, 0.1) is 6.92 Å². The second-order valence-corrected chi connectivity index (χ2v) is 8.21. The maximum Gasteiger partial charge on any atom is 0.338 e. The molecule has 184 valence electrons. The van der Waals surface area contributed by atoms with Gasteiger partial charge in [-0.05, 0) is 79.6 Å². The molecule has 4 rings (SSSR count). The SMILES string of the molecule is CCOC(=O)c1ccc(N2C(=O)C(=O)/C(=C(\O)c3ccc(OC)cc3C)C2c2cccc(O)c2)cc1. The van der Waals surface area contributed by atoms with Crippen molar-refractivity contribution in [1.82, 2.24) is 0 Å². The largest absolute Gasteiger partial charge is 0.508 e. The second kappa shape index (κ2) is 9.95. The van der Waals surface area contributed by atoms with Gasteiger partial charge in [-0.15, -0.1) is 0 Å². The number of esters is 1. The number of phenols is 1. The number of phenolic OH excluding ortho intramolecular Hbond substituents is 1. The third kappa shape index (κ3) is 4.40. The summed E-state index contributed by atoms with van der Waals surface area (Å²) in [5, 5.41) is 21.4. The van der Waals surface area contributed by atoms with Crippen LogP contribution in [0.3, 0.4) is 0 Å². The highest BCUT2D eigenvalue weighted by Crippen LogP contribution is 2.43. The second-order valence-electron chi connectivity index (χ2n) is 8.21. The molecule has 1 amide bonds. The topological polar surface area (TPSA) is 113 Å². The van der Waals surface area contributed by atoms with Crippen LogP contribution in [0.5, 0.6) is 11.5 Å². The number of anilines is 1. The maximum absolute atomic E-state index is 13.3. The number of amides is 1. The lowest BCUT2D eigenvalue weighted by molar-refractivity contribution is -0.132. The van der Waals surface area contributed by atoms with Crippen LogP contribution in [0.15, 0.2) is 72.3 Å². The van der Waals surface area contributed by atoms with Gasteiger partial charge in [0.2, 0.25) is 0 Å². The number of carbonyl (C=O) groups is 3. The lowest BCUT2D eigenvalue weighted by Crippen LogP contribution is -2.29. The molecule has 8 heteroatoms. The van der Waals surface area contributed by atoms with Gasteiger partial charge in [-0.1, -0.05) is 12.1 Å². The van der Waals surface area contributed by atoms with Gasteiger partial charge in [0, 0.05) is 11.3 Å². The average molecular weight is 488 g/mol. The lowest BCUT2D eigenvalue weighted by atomic mass is 9.93. The molecule has 2 N–H and O–H groups in total. The van der Waals surface area contributed by atoms with Gasteiger partial charge < -0.3 is 19.7 Å². The van der Waals surface area contributed by atoms with Crippen LogP contribution in [0.4, 0.5) is 5.69 Å². The molecule has 0 aromatic heterocycles. The summed E-state index contributed by atoms with van der Waals surface area (Å²) in [6.45, 7) is 3.67. The summed E-state index contributed by atoms with van der Waals surface area (Å²) < 4.78 is 10.2. The molecular weight excluding hydrogens is 462 g/mol. The first kappa shape index (κ1) is 24.5. The summed E-state index contributed by atoms with van der Waals surface area (Å²) >= 11 is 0. The Kier molecular flexibility index (Phi) is 6.78. The fourth-order valence-corrected chi connectivity index (χ4v) is 4.26. The Bertz CT molecular complexity index is 1370. The van der Waals surface area contributed by atoms with E-state index in [-0.39, 0.29) is 23.7 Å². The van der Waals surface area contributed by atoms with Gasteiger partial charge in [0.25, 0.3) is 11.7 Å². The molecule has 1 atom stereocenters. The number of Topliss-reactive ketones (excluding diaryl/α,β-unsaturated/α-hetero) is 1. The minimum Gasteiger partial charge on any atom is -0.508 e. The maximum atomic E-state index is 13.3. The lowest BCUT2D eigenvalue weighted by Gasteiger charge is -2.25. The summed E-state index contributed by atoms with van der Waals surface area (Å²) in [5.41, 5.74) is 1.96. The van der Waals surface area contributed by atoms with E-state index >= 15 is 0 Å². The van der Waals surface area contributed by atoms with E-state index in [1.54, 1.807) is 44.2 Å². The number of ether oxygens (including phenoxy) is 2. The molecule has 1 unspecified atom stereocenters. The van der Waals surface area contributed by atoms with Crippen molar-refractivity contribution >= 4 is 29.1 Å². The molecule has 0 spiro atoms. The molecule has 1 aliphatic heterocycles. The number of rotatable bonds is 6.